The number of benzene rings is 1. The van der Waals surface area contributed by atoms with Gasteiger partial charge in [-0.25, -0.2) is 4.39 Å². The molecule has 0 spiro atoms. The van der Waals surface area contributed by atoms with Crippen molar-refractivity contribution in [1.82, 2.24) is 0 Å². The Hall–Kier alpha value is -1.22. The van der Waals surface area contributed by atoms with Crippen LogP contribution in [0.3, 0.4) is 0 Å². The van der Waals surface area contributed by atoms with Gasteiger partial charge in [0.05, 0.1) is 6.42 Å². The quantitative estimate of drug-likeness (QED) is 0.708. The number of halogens is 2. The molecule has 1 aromatic carbocycles. The smallest absolute Gasteiger partial charge is 0.140 e. The van der Waals surface area contributed by atoms with Crippen molar-refractivity contribution in [3.8, 4) is 0 Å². The molecule has 0 N–H and O–H groups in total. The van der Waals surface area contributed by atoms with E-state index in [0.717, 1.165) is 0 Å². The number of hydrogen-bond donors (Lipinski definition) is 0. The van der Waals surface area contributed by atoms with E-state index in [1.165, 1.54) is 18.2 Å². The Bertz CT molecular complexity index is 440. The van der Waals surface area contributed by atoms with Gasteiger partial charge in [-0.3, -0.25) is 9.59 Å². The Kier molecular flexibility index (Phi) is 3.06. The Balaban J connectivity index is 2.32. The summed E-state index contributed by atoms with van der Waals surface area (Å²) < 4.78 is 13.1. The summed E-state index contributed by atoms with van der Waals surface area (Å²) in [5.41, 5.74) is 0.558. The monoisotopic (exact) mass is 240 g/mol. The summed E-state index contributed by atoms with van der Waals surface area (Å²) in [6, 6.07) is 4.02. The molecule has 0 radical (unpaired) electrons. The fourth-order valence-electron chi connectivity index (χ4n) is 2.03. The Morgan fingerprint density at radius 3 is 2.44 bits per heavy atom. The van der Waals surface area contributed by atoms with Gasteiger partial charge in [-0.05, 0) is 29.7 Å². The molecule has 1 fully saturated rings. The number of carbonyl (C=O) groups is 2. The molecule has 0 aromatic heterocycles. The van der Waals surface area contributed by atoms with Crippen molar-refractivity contribution < 1.29 is 14.0 Å². The first kappa shape index (κ1) is 11.3. The van der Waals surface area contributed by atoms with E-state index >= 15 is 0 Å². The van der Waals surface area contributed by atoms with Crippen LogP contribution in [0.2, 0.25) is 5.02 Å². The molecule has 1 aliphatic carbocycles. The van der Waals surface area contributed by atoms with Crippen LogP contribution in [0.4, 0.5) is 4.39 Å². The molecule has 16 heavy (non-hydrogen) atoms. The minimum atomic E-state index is -0.398. The highest BCUT2D eigenvalue weighted by atomic mass is 35.5. The second-order valence-corrected chi connectivity index (χ2v) is 4.43. The normalized spacial score (nSPS) is 17.9. The van der Waals surface area contributed by atoms with Gasteiger partial charge in [-0.2, -0.15) is 0 Å². The predicted octanol–water partition coefficient (Wildman–Crippen LogP) is 2.88. The predicted molar refractivity (Wildman–Crippen MR) is 58.0 cm³/mol. The Morgan fingerprint density at radius 1 is 1.19 bits per heavy atom. The van der Waals surface area contributed by atoms with Gasteiger partial charge < -0.3 is 0 Å². The summed E-state index contributed by atoms with van der Waals surface area (Å²) >= 11 is 5.94. The molecule has 0 amide bonds. The van der Waals surface area contributed by atoms with Crippen LogP contribution in [-0.2, 0) is 9.59 Å². The third kappa shape index (κ3) is 2.30. The van der Waals surface area contributed by atoms with Crippen LogP contribution < -0.4 is 0 Å². The molecule has 0 unspecified atom stereocenters. The highest BCUT2D eigenvalue weighted by Crippen LogP contribution is 2.34. The van der Waals surface area contributed by atoms with Crippen LogP contribution in [0, 0.1) is 5.82 Å². The van der Waals surface area contributed by atoms with Gasteiger partial charge >= 0.3 is 0 Å². The zero-order valence-corrected chi connectivity index (χ0v) is 9.26. The molecular formula is C12H10ClFO2. The highest BCUT2D eigenvalue weighted by Gasteiger charge is 2.28. The molecule has 4 heteroatoms. The van der Waals surface area contributed by atoms with Crippen molar-refractivity contribution >= 4 is 23.2 Å². The van der Waals surface area contributed by atoms with E-state index in [2.05, 4.69) is 0 Å². The number of hydrogen-bond acceptors (Lipinski definition) is 2. The number of carbonyl (C=O) groups excluding carboxylic acids is 2. The van der Waals surface area contributed by atoms with Crippen LogP contribution in [0.1, 0.15) is 30.7 Å². The highest BCUT2D eigenvalue weighted by molar-refractivity contribution is 6.31. The van der Waals surface area contributed by atoms with Gasteiger partial charge in [0.1, 0.15) is 17.4 Å². The fourth-order valence-corrected chi connectivity index (χ4v) is 2.31. The van der Waals surface area contributed by atoms with Gasteiger partial charge in [-0.1, -0.05) is 11.6 Å². The summed E-state index contributed by atoms with van der Waals surface area (Å²) in [5, 5.41) is 0.411. The maximum absolute atomic E-state index is 13.1. The lowest BCUT2D eigenvalue weighted by atomic mass is 9.82. The molecule has 1 aliphatic rings. The Labute approximate surface area is 97.4 Å². The molecule has 1 saturated carbocycles. The van der Waals surface area contributed by atoms with Crippen molar-refractivity contribution in [3.63, 3.8) is 0 Å². The number of ketones is 2. The minimum absolute atomic E-state index is 0.00341. The second-order valence-electron chi connectivity index (χ2n) is 4.03. The molecule has 0 heterocycles. The molecule has 2 nitrogen and oxygen atoms in total. The van der Waals surface area contributed by atoms with Crippen LogP contribution in [0.25, 0.3) is 0 Å². The summed E-state index contributed by atoms with van der Waals surface area (Å²) in [4.78, 5) is 22.6. The molecule has 84 valence electrons. The van der Waals surface area contributed by atoms with E-state index in [9.17, 15) is 14.0 Å². The molecular weight excluding hydrogens is 231 g/mol. The van der Waals surface area contributed by atoms with E-state index in [1.54, 1.807) is 0 Å². The third-order valence-corrected chi connectivity index (χ3v) is 3.08. The Morgan fingerprint density at radius 2 is 1.81 bits per heavy atom. The molecule has 2 rings (SSSR count). The second kappa shape index (κ2) is 4.34. The van der Waals surface area contributed by atoms with Crippen molar-refractivity contribution in [3.05, 3.63) is 34.6 Å². The van der Waals surface area contributed by atoms with E-state index in [-0.39, 0.29) is 36.7 Å². The molecule has 0 saturated heterocycles. The van der Waals surface area contributed by atoms with Crippen LogP contribution >= 0.6 is 11.6 Å². The average molecular weight is 241 g/mol. The van der Waals surface area contributed by atoms with Crippen molar-refractivity contribution in [2.45, 2.75) is 25.2 Å². The zero-order chi connectivity index (χ0) is 11.7. The summed E-state index contributed by atoms with van der Waals surface area (Å²) in [6.07, 6.45) is 0.549. The standard InChI is InChI=1S/C12H10ClFO2/c13-12-2-1-8(14)5-11(12)7-3-9(15)6-10(16)4-7/h1-2,5,7H,3-4,6H2. The van der Waals surface area contributed by atoms with Crippen molar-refractivity contribution in [2.75, 3.05) is 0 Å². The van der Waals surface area contributed by atoms with E-state index in [0.29, 0.717) is 10.6 Å². The van der Waals surface area contributed by atoms with Crippen LogP contribution in [0.5, 0.6) is 0 Å². The summed E-state index contributed by atoms with van der Waals surface area (Å²) in [7, 11) is 0. The lowest BCUT2D eigenvalue weighted by Crippen LogP contribution is -2.21. The number of rotatable bonds is 1. The van der Waals surface area contributed by atoms with Crippen LogP contribution in [-0.4, -0.2) is 11.6 Å². The largest absolute Gasteiger partial charge is 0.299 e. The van der Waals surface area contributed by atoms with E-state index < -0.39 is 5.82 Å². The number of Topliss-reactive ketones (excluding diaryl/α,β-unsaturated/α-hetero) is 2. The molecule has 0 atom stereocenters. The topological polar surface area (TPSA) is 34.1 Å². The van der Waals surface area contributed by atoms with Crippen molar-refractivity contribution in [2.24, 2.45) is 0 Å². The van der Waals surface area contributed by atoms with Gasteiger partial charge in [0.2, 0.25) is 0 Å². The van der Waals surface area contributed by atoms with Crippen molar-refractivity contribution in [1.29, 1.82) is 0 Å². The third-order valence-electron chi connectivity index (χ3n) is 2.74. The zero-order valence-electron chi connectivity index (χ0n) is 8.50. The first-order valence-corrected chi connectivity index (χ1v) is 5.42. The maximum Gasteiger partial charge on any atom is 0.140 e. The summed E-state index contributed by atoms with van der Waals surface area (Å²) in [5.74, 6) is -0.857. The minimum Gasteiger partial charge on any atom is -0.299 e. The van der Waals surface area contributed by atoms with E-state index in [4.69, 9.17) is 11.6 Å². The fraction of sp³-hybridized carbons (Fsp3) is 0.333. The first-order chi connectivity index (χ1) is 7.56. The lowest BCUT2D eigenvalue weighted by molar-refractivity contribution is -0.130. The van der Waals surface area contributed by atoms with Crippen LogP contribution in [0.15, 0.2) is 18.2 Å². The van der Waals surface area contributed by atoms with Gasteiger partial charge in [0, 0.05) is 17.9 Å². The van der Waals surface area contributed by atoms with Gasteiger partial charge in [-0.15, -0.1) is 0 Å². The molecule has 0 bridgehead atoms. The lowest BCUT2D eigenvalue weighted by Gasteiger charge is -2.21. The SMILES string of the molecule is O=C1CC(=O)CC(c2cc(F)ccc2Cl)C1. The van der Waals surface area contributed by atoms with Gasteiger partial charge in [0.25, 0.3) is 0 Å². The maximum atomic E-state index is 13.1. The molecule has 1 aromatic rings. The average Bonchev–Trinajstić information content (AvgIpc) is 2.20. The van der Waals surface area contributed by atoms with E-state index in [1.807, 2.05) is 0 Å². The first-order valence-electron chi connectivity index (χ1n) is 5.04. The molecule has 0 aliphatic heterocycles. The summed E-state index contributed by atoms with van der Waals surface area (Å²) in [6.45, 7) is 0. The van der Waals surface area contributed by atoms with Gasteiger partial charge in [0.15, 0.2) is 0 Å².